The van der Waals surface area contributed by atoms with Crippen LogP contribution in [0.1, 0.15) is 12.5 Å². The zero-order chi connectivity index (χ0) is 9.73. The van der Waals surface area contributed by atoms with Gasteiger partial charge in [0.15, 0.2) is 5.85 Å². The van der Waals surface area contributed by atoms with E-state index in [2.05, 4.69) is 12.4 Å². The first-order valence-corrected chi connectivity index (χ1v) is 4.25. The van der Waals surface area contributed by atoms with Gasteiger partial charge >= 0.3 is 0 Å². The summed E-state index contributed by atoms with van der Waals surface area (Å²) in [5, 5.41) is 2.70. The summed E-state index contributed by atoms with van der Waals surface area (Å²) in [6.07, 6.45) is 0. The molecule has 0 amide bonds. The quantitative estimate of drug-likeness (QED) is 0.682. The number of hydrogen-bond donors (Lipinski definition) is 2. The molecule has 71 valence electrons. The van der Waals surface area contributed by atoms with Crippen LogP contribution < -0.4 is 11.1 Å². The molecule has 0 aliphatic carbocycles. The Labute approximate surface area is 78.9 Å². The van der Waals surface area contributed by atoms with Gasteiger partial charge in [0.2, 0.25) is 0 Å². The number of hydrogen-bond acceptors (Lipinski definition) is 3. The second kappa shape index (κ2) is 4.37. The third kappa shape index (κ3) is 2.28. The number of nitrogens with two attached hydrogens (primary N) is 1. The fraction of sp³-hybridized carbons (Fsp3) is 0.300. The lowest BCUT2D eigenvalue weighted by atomic mass is 10.1. The molecule has 0 fully saturated rings. The molecule has 0 saturated heterocycles. The molecule has 1 unspecified atom stereocenters. The van der Waals surface area contributed by atoms with Crippen LogP contribution in [-0.2, 0) is 10.6 Å². The lowest BCUT2D eigenvalue weighted by Crippen LogP contribution is -2.50. The van der Waals surface area contributed by atoms with Crippen LogP contribution in [0, 0.1) is 7.05 Å². The number of rotatable bonds is 4. The van der Waals surface area contributed by atoms with Crippen molar-refractivity contribution in [2.75, 3.05) is 6.61 Å². The van der Waals surface area contributed by atoms with Gasteiger partial charge in [-0.05, 0) is 6.92 Å². The minimum Gasteiger partial charge on any atom is -0.344 e. The molecule has 0 heterocycles. The van der Waals surface area contributed by atoms with Crippen LogP contribution in [0.15, 0.2) is 30.3 Å². The van der Waals surface area contributed by atoms with Gasteiger partial charge in [0.1, 0.15) is 0 Å². The molecule has 1 radical (unpaired) electrons. The zero-order valence-electron chi connectivity index (χ0n) is 7.79. The maximum absolute atomic E-state index is 5.93. The van der Waals surface area contributed by atoms with Gasteiger partial charge in [0.25, 0.3) is 0 Å². The van der Waals surface area contributed by atoms with Gasteiger partial charge in [-0.15, -0.1) is 0 Å². The topological polar surface area (TPSA) is 47.3 Å². The molecule has 0 spiro atoms. The summed E-state index contributed by atoms with van der Waals surface area (Å²) in [6.45, 7) is 2.43. The maximum atomic E-state index is 5.93. The van der Waals surface area contributed by atoms with E-state index in [-0.39, 0.29) is 0 Å². The van der Waals surface area contributed by atoms with Crippen molar-refractivity contribution in [3.05, 3.63) is 42.9 Å². The van der Waals surface area contributed by atoms with Crippen molar-refractivity contribution in [1.82, 2.24) is 5.32 Å². The zero-order valence-corrected chi connectivity index (χ0v) is 7.79. The Bertz CT molecular complexity index is 250. The van der Waals surface area contributed by atoms with E-state index >= 15 is 0 Å². The van der Waals surface area contributed by atoms with Crippen molar-refractivity contribution in [2.45, 2.75) is 12.8 Å². The van der Waals surface area contributed by atoms with E-state index in [1.165, 1.54) is 0 Å². The minimum atomic E-state index is -0.976. The Hall–Kier alpha value is -0.900. The average molecular weight is 179 g/mol. The number of nitrogens with one attached hydrogen (secondary N) is 1. The highest BCUT2D eigenvalue weighted by atomic mass is 16.5. The molecule has 3 nitrogen and oxygen atoms in total. The highest BCUT2D eigenvalue weighted by Gasteiger charge is 2.24. The fourth-order valence-corrected chi connectivity index (χ4v) is 1.15. The van der Waals surface area contributed by atoms with Gasteiger partial charge in [-0.25, -0.2) is 0 Å². The van der Waals surface area contributed by atoms with Crippen LogP contribution in [-0.4, -0.2) is 6.61 Å². The molecule has 0 aliphatic rings. The summed E-state index contributed by atoms with van der Waals surface area (Å²) >= 11 is 0. The highest BCUT2D eigenvalue weighted by Crippen LogP contribution is 2.15. The lowest BCUT2D eigenvalue weighted by molar-refractivity contribution is -0.0577. The maximum Gasteiger partial charge on any atom is 0.199 e. The predicted octanol–water partition coefficient (Wildman–Crippen LogP) is 1.17. The molecular weight excluding hydrogens is 164 g/mol. The first-order valence-electron chi connectivity index (χ1n) is 4.25. The Morgan fingerprint density at radius 3 is 2.54 bits per heavy atom. The summed E-state index contributed by atoms with van der Waals surface area (Å²) in [7, 11) is 3.55. The summed E-state index contributed by atoms with van der Waals surface area (Å²) in [4.78, 5) is 0. The summed E-state index contributed by atoms with van der Waals surface area (Å²) in [5.41, 5.74) is 6.80. The van der Waals surface area contributed by atoms with E-state index in [9.17, 15) is 0 Å². The predicted molar refractivity (Wildman–Crippen MR) is 52.4 cm³/mol. The van der Waals surface area contributed by atoms with E-state index in [0.29, 0.717) is 6.61 Å². The molecule has 0 saturated carbocycles. The van der Waals surface area contributed by atoms with Crippen molar-refractivity contribution >= 4 is 0 Å². The molecule has 1 aromatic carbocycles. The van der Waals surface area contributed by atoms with Crippen LogP contribution >= 0.6 is 0 Å². The number of benzene rings is 1. The van der Waals surface area contributed by atoms with Gasteiger partial charge < -0.3 is 4.74 Å². The Balaban J connectivity index is 2.89. The first-order chi connectivity index (χ1) is 6.23. The first kappa shape index (κ1) is 10.2. The van der Waals surface area contributed by atoms with E-state index in [4.69, 9.17) is 10.5 Å². The van der Waals surface area contributed by atoms with E-state index in [1.54, 1.807) is 0 Å². The summed E-state index contributed by atoms with van der Waals surface area (Å²) < 4.78 is 5.37. The third-order valence-corrected chi connectivity index (χ3v) is 1.84. The second-order valence-corrected chi connectivity index (χ2v) is 2.71. The Morgan fingerprint density at radius 2 is 2.08 bits per heavy atom. The van der Waals surface area contributed by atoms with Crippen LogP contribution in [0.3, 0.4) is 0 Å². The SMILES string of the molecule is [CH2]NC(N)(OCC)c1ccccc1. The van der Waals surface area contributed by atoms with Crippen LogP contribution in [0.2, 0.25) is 0 Å². The van der Waals surface area contributed by atoms with Gasteiger partial charge in [-0.3, -0.25) is 11.1 Å². The van der Waals surface area contributed by atoms with Crippen LogP contribution in [0.5, 0.6) is 0 Å². The summed E-state index contributed by atoms with van der Waals surface area (Å²) in [5.74, 6) is -0.976. The standard InChI is InChI=1S/C10H15N2O/c1-3-13-10(11,12-2)9-7-5-4-6-8-9/h4-8,12H,2-3,11H2,1H3. The minimum absolute atomic E-state index is 0.536. The Morgan fingerprint density at radius 1 is 1.46 bits per heavy atom. The van der Waals surface area contributed by atoms with Gasteiger partial charge in [-0.1, -0.05) is 30.3 Å². The fourth-order valence-electron chi connectivity index (χ4n) is 1.15. The molecule has 0 bridgehead atoms. The number of ether oxygens (including phenoxy) is 1. The monoisotopic (exact) mass is 179 g/mol. The van der Waals surface area contributed by atoms with Gasteiger partial charge in [-0.2, -0.15) is 0 Å². The van der Waals surface area contributed by atoms with Crippen LogP contribution in [0.4, 0.5) is 0 Å². The molecule has 3 heteroatoms. The van der Waals surface area contributed by atoms with E-state index < -0.39 is 5.85 Å². The molecule has 1 atom stereocenters. The van der Waals surface area contributed by atoms with Gasteiger partial charge in [0.05, 0.1) is 0 Å². The van der Waals surface area contributed by atoms with Crippen molar-refractivity contribution < 1.29 is 4.74 Å². The van der Waals surface area contributed by atoms with Crippen molar-refractivity contribution in [2.24, 2.45) is 5.73 Å². The highest BCUT2D eigenvalue weighted by molar-refractivity contribution is 5.20. The largest absolute Gasteiger partial charge is 0.344 e. The van der Waals surface area contributed by atoms with Crippen molar-refractivity contribution in [3.8, 4) is 0 Å². The second-order valence-electron chi connectivity index (χ2n) is 2.71. The van der Waals surface area contributed by atoms with E-state index in [1.807, 2.05) is 37.3 Å². The van der Waals surface area contributed by atoms with E-state index in [0.717, 1.165) is 5.56 Å². The Kier molecular flexibility index (Phi) is 3.42. The molecule has 1 rings (SSSR count). The normalized spacial score (nSPS) is 15.3. The lowest BCUT2D eigenvalue weighted by Gasteiger charge is -2.28. The summed E-state index contributed by atoms with van der Waals surface area (Å²) in [6, 6.07) is 9.54. The smallest absolute Gasteiger partial charge is 0.199 e. The van der Waals surface area contributed by atoms with Crippen LogP contribution in [0.25, 0.3) is 0 Å². The van der Waals surface area contributed by atoms with Gasteiger partial charge in [0, 0.05) is 19.2 Å². The molecule has 0 aromatic heterocycles. The molecular formula is C10H15N2O. The average Bonchev–Trinajstić information content (AvgIpc) is 2.19. The molecule has 3 N–H and O–H groups in total. The van der Waals surface area contributed by atoms with Crippen molar-refractivity contribution in [3.63, 3.8) is 0 Å². The third-order valence-electron chi connectivity index (χ3n) is 1.84. The molecule has 0 aliphatic heterocycles. The van der Waals surface area contributed by atoms with Crippen molar-refractivity contribution in [1.29, 1.82) is 0 Å². The molecule has 13 heavy (non-hydrogen) atoms. The molecule has 1 aromatic rings.